The fraction of sp³-hybridized carbons (Fsp3) is 0.333. The van der Waals surface area contributed by atoms with E-state index < -0.39 is 23.6 Å². The number of rotatable bonds is 7. The van der Waals surface area contributed by atoms with Gasteiger partial charge in [0.15, 0.2) is 0 Å². The highest BCUT2D eigenvalue weighted by Crippen LogP contribution is 2.47. The third-order valence-electron chi connectivity index (χ3n) is 8.98. The van der Waals surface area contributed by atoms with Gasteiger partial charge in [0.2, 0.25) is 11.8 Å². The third-order valence-corrected chi connectivity index (χ3v) is 8.98. The quantitative estimate of drug-likeness (QED) is 0.406. The number of nitriles is 1. The second-order valence-corrected chi connectivity index (χ2v) is 11.6. The summed E-state index contributed by atoms with van der Waals surface area (Å²) in [6.07, 6.45) is 1.93. The Balaban J connectivity index is 0.973. The van der Waals surface area contributed by atoms with Gasteiger partial charge in [-0.15, -0.1) is 0 Å². The summed E-state index contributed by atoms with van der Waals surface area (Å²) >= 11 is 0. The van der Waals surface area contributed by atoms with Crippen molar-refractivity contribution in [3.63, 3.8) is 0 Å². The third kappa shape index (κ3) is 5.00. The number of carbonyl (C=O) groups excluding carboxylic acids is 3. The Labute approximate surface area is 252 Å². The molecule has 3 aliphatic heterocycles. The number of ether oxygens (including phenoxy) is 2. The first-order chi connectivity index (χ1) is 21.3. The monoisotopic (exact) mass is 598 g/mol. The van der Waals surface area contributed by atoms with Gasteiger partial charge in [-0.3, -0.25) is 19.7 Å². The van der Waals surface area contributed by atoms with E-state index in [0.29, 0.717) is 41.2 Å². The maximum atomic E-state index is 15.2. The average molecular weight is 599 g/mol. The van der Waals surface area contributed by atoms with Crippen LogP contribution in [-0.2, 0) is 22.7 Å². The van der Waals surface area contributed by atoms with Crippen LogP contribution >= 0.6 is 0 Å². The van der Waals surface area contributed by atoms with Gasteiger partial charge in [0.1, 0.15) is 48.0 Å². The first-order valence-corrected chi connectivity index (χ1v) is 14.6. The number of halogens is 2. The molecule has 1 aliphatic carbocycles. The molecule has 2 saturated heterocycles. The number of anilines is 1. The highest BCUT2D eigenvalue weighted by Gasteiger charge is 2.51. The largest absolute Gasteiger partial charge is 0.490 e. The molecule has 224 valence electrons. The summed E-state index contributed by atoms with van der Waals surface area (Å²) in [6.45, 7) is 0.753. The maximum Gasteiger partial charge on any atom is 0.255 e. The summed E-state index contributed by atoms with van der Waals surface area (Å²) in [4.78, 5) is 40.6. The van der Waals surface area contributed by atoms with E-state index in [-0.39, 0.29) is 61.4 Å². The van der Waals surface area contributed by atoms with Crippen LogP contribution in [0.2, 0.25) is 0 Å². The lowest BCUT2D eigenvalue weighted by molar-refractivity contribution is -0.136. The standard InChI is InChI=1S/C33H28F2N4O5/c34-25-12-20(6-4-18(25)15-36)38-11-10-30(23-14-28(23)38)44-21-7-5-19(26(35)13-21)17-43-29-3-1-2-22-24(29)16-39(33(22)42)27-8-9-31(40)37-32(27)41/h1-7,12-13,23,27-28,30H,8-11,14,16-17H2,(H,37,40,41). The van der Waals surface area contributed by atoms with Gasteiger partial charge >= 0.3 is 0 Å². The predicted molar refractivity (Wildman–Crippen MR) is 153 cm³/mol. The molecule has 11 heteroatoms. The number of piperidine rings is 2. The van der Waals surface area contributed by atoms with Crippen LogP contribution < -0.4 is 19.7 Å². The van der Waals surface area contributed by atoms with Crippen molar-refractivity contribution < 1.29 is 32.6 Å². The van der Waals surface area contributed by atoms with E-state index in [1.807, 2.05) is 6.07 Å². The molecular formula is C33H28F2N4O5. The smallest absolute Gasteiger partial charge is 0.255 e. The number of fused-ring (bicyclic) bond motifs is 2. The summed E-state index contributed by atoms with van der Waals surface area (Å²) in [5, 5.41) is 11.3. The van der Waals surface area contributed by atoms with Crippen LogP contribution in [0.4, 0.5) is 14.5 Å². The summed E-state index contributed by atoms with van der Waals surface area (Å²) in [5.74, 6) is -1.05. The lowest BCUT2D eigenvalue weighted by atomic mass is 10.0. The number of hydrogen-bond donors (Lipinski definition) is 1. The molecule has 0 bridgehead atoms. The van der Waals surface area contributed by atoms with Crippen molar-refractivity contribution in [2.24, 2.45) is 5.92 Å². The molecule has 0 aromatic heterocycles. The van der Waals surface area contributed by atoms with Crippen molar-refractivity contribution >= 4 is 23.4 Å². The van der Waals surface area contributed by atoms with E-state index in [1.165, 1.54) is 23.1 Å². The molecule has 1 N–H and O–H groups in total. The van der Waals surface area contributed by atoms with Crippen LogP contribution in [0.15, 0.2) is 54.6 Å². The van der Waals surface area contributed by atoms with E-state index in [2.05, 4.69) is 10.2 Å². The van der Waals surface area contributed by atoms with Crippen molar-refractivity contribution in [2.75, 3.05) is 11.4 Å². The zero-order valence-electron chi connectivity index (χ0n) is 23.6. The SMILES string of the molecule is N#Cc1ccc(N2CCC(Oc3ccc(COc4cccc5c4CN(C4CCC(=O)NC4=O)C5=O)c(F)c3)C3CC32)cc1F. The van der Waals surface area contributed by atoms with Gasteiger partial charge in [-0.05, 0) is 55.3 Å². The Hall–Kier alpha value is -4.98. The Bertz CT molecular complexity index is 1740. The van der Waals surface area contributed by atoms with Gasteiger partial charge in [-0.1, -0.05) is 6.07 Å². The Morgan fingerprint density at radius 1 is 1.00 bits per heavy atom. The zero-order chi connectivity index (χ0) is 30.5. The van der Waals surface area contributed by atoms with Crippen molar-refractivity contribution in [3.8, 4) is 17.6 Å². The number of nitrogens with zero attached hydrogens (tertiary/aromatic N) is 3. The minimum atomic E-state index is -0.734. The fourth-order valence-electron chi connectivity index (χ4n) is 6.59. The maximum absolute atomic E-state index is 15.2. The predicted octanol–water partition coefficient (Wildman–Crippen LogP) is 4.22. The average Bonchev–Trinajstić information content (AvgIpc) is 3.75. The Morgan fingerprint density at radius 2 is 1.86 bits per heavy atom. The van der Waals surface area contributed by atoms with Gasteiger partial charge in [-0.2, -0.15) is 5.26 Å². The second kappa shape index (κ2) is 10.9. The number of imide groups is 1. The zero-order valence-corrected chi connectivity index (χ0v) is 23.6. The van der Waals surface area contributed by atoms with Crippen LogP contribution in [0.5, 0.6) is 11.5 Å². The Morgan fingerprint density at radius 3 is 2.64 bits per heavy atom. The number of amides is 3. The van der Waals surface area contributed by atoms with Crippen LogP contribution in [0.1, 0.15) is 52.7 Å². The van der Waals surface area contributed by atoms with Crippen molar-refractivity contribution in [1.29, 1.82) is 5.26 Å². The minimum absolute atomic E-state index is 0.0226. The molecule has 3 fully saturated rings. The summed E-state index contributed by atoms with van der Waals surface area (Å²) in [5.41, 5.74) is 2.14. The number of hydrogen-bond acceptors (Lipinski definition) is 7. The topological polar surface area (TPSA) is 112 Å². The molecule has 44 heavy (non-hydrogen) atoms. The highest BCUT2D eigenvalue weighted by atomic mass is 19.1. The van der Waals surface area contributed by atoms with E-state index in [9.17, 15) is 18.8 Å². The van der Waals surface area contributed by atoms with Gasteiger partial charge in [0.05, 0.1) is 12.1 Å². The molecule has 9 nitrogen and oxygen atoms in total. The van der Waals surface area contributed by atoms with E-state index in [4.69, 9.17) is 14.7 Å². The highest BCUT2D eigenvalue weighted by molar-refractivity contribution is 6.05. The van der Waals surface area contributed by atoms with Crippen molar-refractivity contribution in [3.05, 3.63) is 88.5 Å². The number of nitrogens with one attached hydrogen (secondary N) is 1. The molecule has 0 radical (unpaired) electrons. The van der Waals surface area contributed by atoms with E-state index in [0.717, 1.165) is 12.1 Å². The summed E-state index contributed by atoms with van der Waals surface area (Å²) in [7, 11) is 0. The molecule has 7 rings (SSSR count). The lowest BCUT2D eigenvalue weighted by Crippen LogP contribution is -2.52. The summed E-state index contributed by atoms with van der Waals surface area (Å²) < 4.78 is 41.5. The molecule has 4 unspecified atom stereocenters. The lowest BCUT2D eigenvalue weighted by Gasteiger charge is -2.33. The molecular weight excluding hydrogens is 570 g/mol. The van der Waals surface area contributed by atoms with E-state index in [1.54, 1.807) is 36.4 Å². The summed E-state index contributed by atoms with van der Waals surface area (Å²) in [6, 6.07) is 15.7. The normalized spacial score (nSPS) is 23.9. The Kier molecular flexibility index (Phi) is 6.92. The van der Waals surface area contributed by atoms with Gasteiger partial charge < -0.3 is 19.3 Å². The molecule has 3 amide bonds. The first kappa shape index (κ1) is 27.8. The molecule has 3 aromatic rings. The van der Waals surface area contributed by atoms with Crippen LogP contribution in [0, 0.1) is 28.9 Å². The van der Waals surface area contributed by atoms with E-state index >= 15 is 4.39 Å². The van der Waals surface area contributed by atoms with Gasteiger partial charge in [0, 0.05) is 59.8 Å². The molecule has 4 atom stereocenters. The second-order valence-electron chi connectivity index (χ2n) is 11.6. The van der Waals surface area contributed by atoms with Crippen LogP contribution in [0.3, 0.4) is 0 Å². The molecule has 1 saturated carbocycles. The van der Waals surface area contributed by atoms with Crippen molar-refractivity contribution in [2.45, 2.75) is 57.0 Å². The van der Waals surface area contributed by atoms with Crippen LogP contribution in [-0.4, -0.2) is 47.4 Å². The minimum Gasteiger partial charge on any atom is -0.490 e. The van der Waals surface area contributed by atoms with Gasteiger partial charge in [0.25, 0.3) is 5.91 Å². The number of carbonyl (C=O) groups is 3. The van der Waals surface area contributed by atoms with Crippen molar-refractivity contribution in [1.82, 2.24) is 10.2 Å². The number of benzene rings is 3. The van der Waals surface area contributed by atoms with Crippen LogP contribution in [0.25, 0.3) is 0 Å². The molecule has 4 aliphatic rings. The molecule has 0 spiro atoms. The molecule has 3 aromatic carbocycles. The fourth-order valence-corrected chi connectivity index (χ4v) is 6.59. The van der Waals surface area contributed by atoms with Gasteiger partial charge in [-0.25, -0.2) is 8.78 Å². The molecule has 3 heterocycles. The first-order valence-electron chi connectivity index (χ1n) is 14.6.